The van der Waals surface area contributed by atoms with Crippen LogP contribution >= 0.6 is 0 Å². The standard InChI is InChI=1S/C54H55N5O10/c1-54(27-44-40(25-49(54)66-5)53(64)59-38(29-57(44)3)23-35-12-7-9-14-43(35)59)68-31-33-19-32(20-36(21-33)56(2)18-10-15-50(62)69-51-45(60)16-17-46(51)61)30-67-48-26-41-39(24-47(48)65-4)52(63)58-37(28-55-41)22-34-11-6-8-13-42(34)58/h6-9,11-14,19-21,24-26,28,37-38,51H,10,15-18,22-23,27,29-31H2,1-5H3/t37-,38-,54?/m0/s1. The number of para-hydroxylation sites is 2. The number of carbonyl (C=O) groups is 5. The molecule has 2 aliphatic carbocycles. The van der Waals surface area contributed by atoms with E-state index >= 15 is 0 Å². The van der Waals surface area contributed by atoms with Crippen LogP contribution in [-0.2, 0) is 59.4 Å². The van der Waals surface area contributed by atoms with Crippen molar-refractivity contribution in [1.29, 1.82) is 0 Å². The second-order valence-electron chi connectivity index (χ2n) is 18.8. The quantitative estimate of drug-likeness (QED) is 0.0945. The van der Waals surface area contributed by atoms with Crippen LogP contribution in [-0.4, -0.2) is 106 Å². The van der Waals surface area contributed by atoms with Gasteiger partial charge in [-0.2, -0.15) is 0 Å². The maximum absolute atomic E-state index is 14.4. The van der Waals surface area contributed by atoms with Crippen LogP contribution < -0.4 is 24.2 Å². The molecule has 0 aromatic heterocycles. The molecular weight excluding hydrogens is 879 g/mol. The lowest BCUT2D eigenvalue weighted by Gasteiger charge is -2.38. The van der Waals surface area contributed by atoms with Gasteiger partial charge in [-0.25, -0.2) is 0 Å². The molecule has 0 N–H and O–H groups in total. The maximum atomic E-state index is 14.4. The van der Waals surface area contributed by atoms with Crippen molar-refractivity contribution in [2.45, 2.75) is 88.9 Å². The van der Waals surface area contributed by atoms with Crippen LogP contribution in [0.1, 0.15) is 71.6 Å². The zero-order valence-electron chi connectivity index (χ0n) is 39.5. The van der Waals surface area contributed by atoms with Gasteiger partial charge in [0.1, 0.15) is 18.0 Å². The molecular formula is C54H55N5O10. The summed E-state index contributed by atoms with van der Waals surface area (Å²) < 4.78 is 30.5. The van der Waals surface area contributed by atoms with Gasteiger partial charge in [0.05, 0.1) is 49.7 Å². The molecule has 0 saturated heterocycles. The fourth-order valence-corrected chi connectivity index (χ4v) is 10.6. The second-order valence-corrected chi connectivity index (χ2v) is 18.8. The van der Waals surface area contributed by atoms with Crippen LogP contribution in [0.3, 0.4) is 0 Å². The SMILES string of the molecule is COC1=CC2=C(CC1(C)OCc1cc(COc3cc4c(cc3OC)C(=O)N3c5ccccc5C[C@H]3C=N4)cc(N(C)CCCC(=O)OC3C(=O)CCC3=O)c1)N(C)C[C@@H]1Cc3ccccc3N1C2=O. The summed E-state index contributed by atoms with van der Waals surface area (Å²) in [6.07, 6.45) is 4.85. The Kier molecular flexibility index (Phi) is 12.1. The van der Waals surface area contributed by atoms with Gasteiger partial charge in [0, 0.05) is 94.3 Å². The minimum Gasteiger partial charge on any atom is -0.498 e. The van der Waals surface area contributed by atoms with Crippen LogP contribution in [0, 0.1) is 0 Å². The number of anilines is 3. The van der Waals surface area contributed by atoms with E-state index in [-0.39, 0.29) is 67.9 Å². The monoisotopic (exact) mass is 933 g/mol. The highest BCUT2D eigenvalue weighted by molar-refractivity contribution is 6.15. The number of aliphatic imine (C=N–C) groups is 1. The highest BCUT2D eigenvalue weighted by Crippen LogP contribution is 2.44. The van der Waals surface area contributed by atoms with E-state index in [9.17, 15) is 24.0 Å². The van der Waals surface area contributed by atoms with E-state index in [0.29, 0.717) is 66.4 Å². The van der Waals surface area contributed by atoms with Crippen LogP contribution in [0.25, 0.3) is 0 Å². The molecule has 3 atom stereocenters. The van der Waals surface area contributed by atoms with Gasteiger partial charge in [-0.05, 0) is 84.5 Å². The average Bonchev–Trinajstić information content (AvgIpc) is 3.97. The molecule has 0 spiro atoms. The largest absolute Gasteiger partial charge is 0.498 e. The number of methoxy groups -OCH3 is 2. The third-order valence-corrected chi connectivity index (χ3v) is 14.2. The highest BCUT2D eigenvalue weighted by Gasteiger charge is 2.46. The van der Waals surface area contributed by atoms with Gasteiger partial charge in [-0.15, -0.1) is 0 Å². The summed E-state index contributed by atoms with van der Waals surface area (Å²) in [4.78, 5) is 78.0. The van der Waals surface area contributed by atoms with Crippen molar-refractivity contribution in [2.24, 2.45) is 4.99 Å². The van der Waals surface area contributed by atoms with Crippen LogP contribution in [0.2, 0.25) is 0 Å². The zero-order chi connectivity index (χ0) is 48.1. The summed E-state index contributed by atoms with van der Waals surface area (Å²) in [6.45, 7) is 3.39. The van der Waals surface area contributed by atoms with Crippen molar-refractivity contribution >= 4 is 58.3 Å². The van der Waals surface area contributed by atoms with Crippen molar-refractivity contribution in [3.63, 3.8) is 0 Å². The Hall–Kier alpha value is -7.26. The minimum atomic E-state index is -1.30. The first-order chi connectivity index (χ1) is 33.3. The maximum Gasteiger partial charge on any atom is 0.307 e. The first-order valence-corrected chi connectivity index (χ1v) is 23.5. The van der Waals surface area contributed by atoms with Gasteiger partial charge < -0.3 is 38.4 Å². The molecule has 2 amide bonds. The number of hydrogen-bond acceptors (Lipinski definition) is 13. The van der Waals surface area contributed by atoms with E-state index in [1.807, 2.05) is 104 Å². The Balaban J connectivity index is 0.894. The first-order valence-electron chi connectivity index (χ1n) is 23.5. The molecule has 4 aromatic carbocycles. The molecule has 15 heteroatoms. The number of fused-ring (bicyclic) bond motifs is 7. The average molecular weight is 934 g/mol. The van der Waals surface area contributed by atoms with Crippen molar-refractivity contribution in [3.8, 4) is 11.5 Å². The van der Waals surface area contributed by atoms with E-state index in [2.05, 4.69) is 11.0 Å². The second kappa shape index (κ2) is 18.3. The smallest absolute Gasteiger partial charge is 0.307 e. The number of benzene rings is 4. The van der Waals surface area contributed by atoms with Gasteiger partial charge in [0.25, 0.3) is 11.8 Å². The van der Waals surface area contributed by atoms with E-state index in [4.69, 9.17) is 28.7 Å². The molecule has 4 aliphatic heterocycles. The molecule has 1 fully saturated rings. The molecule has 4 heterocycles. The lowest BCUT2D eigenvalue weighted by Crippen LogP contribution is -2.41. The normalized spacial score (nSPS) is 21.5. The number of likely N-dealkylation sites (N-methyl/N-ethyl adjacent to an activating group) is 1. The highest BCUT2D eigenvalue weighted by atomic mass is 16.6. The molecule has 1 unspecified atom stereocenters. The van der Waals surface area contributed by atoms with Crippen LogP contribution in [0.4, 0.5) is 22.7 Å². The third-order valence-electron chi connectivity index (χ3n) is 14.2. The topological polar surface area (TPSA) is 157 Å². The molecule has 15 nitrogen and oxygen atoms in total. The third kappa shape index (κ3) is 8.53. The number of Topliss-reactive ketones (excluding diaryl/α,β-unsaturated/α-hetero) is 2. The van der Waals surface area contributed by atoms with Crippen LogP contribution in [0.15, 0.2) is 107 Å². The van der Waals surface area contributed by atoms with E-state index in [1.54, 1.807) is 24.1 Å². The predicted molar refractivity (Wildman–Crippen MR) is 258 cm³/mol. The predicted octanol–water partition coefficient (Wildman–Crippen LogP) is 6.99. The van der Waals surface area contributed by atoms with Gasteiger partial charge in [-0.1, -0.05) is 36.4 Å². The molecule has 4 aromatic rings. The fourth-order valence-electron chi connectivity index (χ4n) is 10.6. The Morgan fingerprint density at radius 2 is 1.52 bits per heavy atom. The molecule has 356 valence electrons. The molecule has 10 rings (SSSR count). The minimum absolute atomic E-state index is 0.000599. The van der Waals surface area contributed by atoms with E-state index < -0.39 is 17.7 Å². The lowest BCUT2D eigenvalue weighted by molar-refractivity contribution is -0.157. The number of amides is 2. The Labute approximate surface area is 400 Å². The summed E-state index contributed by atoms with van der Waals surface area (Å²) in [5.41, 5.74) is 8.00. The number of nitrogens with zero attached hydrogens (tertiary/aromatic N) is 5. The summed E-state index contributed by atoms with van der Waals surface area (Å²) in [7, 11) is 7.09. The van der Waals surface area contributed by atoms with Crippen LogP contribution in [0.5, 0.6) is 11.5 Å². The van der Waals surface area contributed by atoms with Gasteiger partial charge >= 0.3 is 5.97 Å². The Morgan fingerprint density at radius 1 is 0.826 bits per heavy atom. The fraction of sp³-hybridized carbons (Fsp3) is 0.370. The van der Waals surface area contributed by atoms with Crippen molar-refractivity contribution in [2.75, 3.05) is 56.1 Å². The zero-order valence-corrected chi connectivity index (χ0v) is 39.5. The van der Waals surface area contributed by atoms with E-state index in [0.717, 1.165) is 51.4 Å². The molecule has 1 saturated carbocycles. The number of rotatable bonds is 14. The first kappa shape index (κ1) is 45.5. The van der Waals surface area contributed by atoms with Gasteiger partial charge in [0.15, 0.2) is 23.1 Å². The summed E-state index contributed by atoms with van der Waals surface area (Å²) >= 11 is 0. The number of ketones is 2. The van der Waals surface area contributed by atoms with Gasteiger partial charge in [-0.3, -0.25) is 33.9 Å². The van der Waals surface area contributed by atoms with Gasteiger partial charge in [0.2, 0.25) is 6.10 Å². The number of ether oxygens (including phenoxy) is 5. The Bertz CT molecular complexity index is 2870. The van der Waals surface area contributed by atoms with Crippen molar-refractivity contribution in [3.05, 3.63) is 130 Å². The molecule has 0 radical (unpaired) electrons. The summed E-state index contributed by atoms with van der Waals surface area (Å²) in [6, 6.07) is 25.2. The number of esters is 1. The molecule has 0 bridgehead atoms. The van der Waals surface area contributed by atoms with Crippen molar-refractivity contribution in [1.82, 2.24) is 4.90 Å². The summed E-state index contributed by atoms with van der Waals surface area (Å²) in [5.74, 6) is -0.176. The van der Waals surface area contributed by atoms with Crippen molar-refractivity contribution < 1.29 is 47.7 Å². The lowest BCUT2D eigenvalue weighted by atomic mass is 9.87. The molecule has 6 aliphatic rings. The number of hydrogen-bond donors (Lipinski definition) is 0. The number of carbonyl (C=O) groups excluding carboxylic acids is 5. The summed E-state index contributed by atoms with van der Waals surface area (Å²) in [5, 5.41) is 0. The Morgan fingerprint density at radius 3 is 2.25 bits per heavy atom. The molecule has 69 heavy (non-hydrogen) atoms. The van der Waals surface area contributed by atoms with E-state index in [1.165, 1.54) is 7.11 Å².